The zero-order valence-corrected chi connectivity index (χ0v) is 11.1. The summed E-state index contributed by atoms with van der Waals surface area (Å²) in [4.78, 5) is 18.4. The molecule has 1 saturated carbocycles. The van der Waals surface area contributed by atoms with Crippen molar-refractivity contribution < 1.29 is 4.79 Å². The second-order valence-electron chi connectivity index (χ2n) is 4.82. The van der Waals surface area contributed by atoms with Crippen molar-refractivity contribution in [3.63, 3.8) is 0 Å². The van der Waals surface area contributed by atoms with Gasteiger partial charge in [0.15, 0.2) is 0 Å². The molecule has 0 aromatic carbocycles. The Bertz CT molecular complexity index is 398. The Kier molecular flexibility index (Phi) is 4.18. The number of hydrogen-bond acceptors (Lipinski definition) is 3. The van der Waals surface area contributed by atoms with Crippen LogP contribution in [0.5, 0.6) is 0 Å². The number of carbonyl (C=O) groups is 1. The van der Waals surface area contributed by atoms with E-state index in [0.717, 1.165) is 18.9 Å². The normalized spacial score (nSPS) is 15.0. The van der Waals surface area contributed by atoms with Crippen molar-refractivity contribution in [3.05, 3.63) is 23.9 Å². The number of nitrogens with one attached hydrogen (secondary N) is 1. The predicted molar refractivity (Wildman–Crippen MR) is 72.7 cm³/mol. The van der Waals surface area contributed by atoms with Crippen LogP contribution in [-0.2, 0) is 0 Å². The van der Waals surface area contributed by atoms with Crippen LogP contribution < -0.4 is 5.32 Å². The van der Waals surface area contributed by atoms with Crippen LogP contribution in [0.25, 0.3) is 0 Å². The molecular formula is C14H21N3O. The van der Waals surface area contributed by atoms with Crippen LogP contribution in [-0.4, -0.2) is 35.9 Å². The lowest BCUT2D eigenvalue weighted by Crippen LogP contribution is -2.37. The van der Waals surface area contributed by atoms with Gasteiger partial charge in [0.1, 0.15) is 5.82 Å². The van der Waals surface area contributed by atoms with Crippen molar-refractivity contribution in [2.45, 2.75) is 26.2 Å². The number of aromatic nitrogens is 1. The largest absolute Gasteiger partial charge is 0.373 e. The Morgan fingerprint density at radius 3 is 2.72 bits per heavy atom. The first-order valence-electron chi connectivity index (χ1n) is 6.67. The molecular weight excluding hydrogens is 226 g/mol. The van der Waals surface area contributed by atoms with Crippen LogP contribution in [0.15, 0.2) is 18.3 Å². The van der Waals surface area contributed by atoms with Crippen LogP contribution in [0.4, 0.5) is 5.82 Å². The van der Waals surface area contributed by atoms with Gasteiger partial charge in [-0.05, 0) is 37.8 Å². The van der Waals surface area contributed by atoms with Crippen molar-refractivity contribution in [1.82, 2.24) is 9.88 Å². The average Bonchev–Trinajstić information content (AvgIpc) is 2.37. The molecule has 0 aliphatic heterocycles. The molecule has 0 saturated heterocycles. The second-order valence-corrected chi connectivity index (χ2v) is 4.82. The summed E-state index contributed by atoms with van der Waals surface area (Å²) in [6.07, 6.45) is 5.49. The van der Waals surface area contributed by atoms with Gasteiger partial charge in [-0.15, -0.1) is 0 Å². The van der Waals surface area contributed by atoms with E-state index in [9.17, 15) is 4.79 Å². The molecule has 4 nitrogen and oxygen atoms in total. The molecule has 18 heavy (non-hydrogen) atoms. The van der Waals surface area contributed by atoms with Crippen molar-refractivity contribution in [2.24, 2.45) is 5.92 Å². The molecule has 1 fully saturated rings. The van der Waals surface area contributed by atoms with Crippen molar-refractivity contribution >= 4 is 11.7 Å². The standard InChI is InChI=1S/C14H21N3O/c1-3-17(10-11-5-4-6-11)14(18)12-7-8-13(15-2)16-9-12/h7-9,11H,3-6,10H2,1-2H3,(H,15,16). The molecule has 1 N–H and O–H groups in total. The summed E-state index contributed by atoms with van der Waals surface area (Å²) in [5.74, 6) is 1.59. The van der Waals surface area contributed by atoms with E-state index in [4.69, 9.17) is 0 Å². The first-order valence-corrected chi connectivity index (χ1v) is 6.67. The minimum atomic E-state index is 0.0968. The highest BCUT2D eigenvalue weighted by Gasteiger charge is 2.23. The molecule has 1 aromatic heterocycles. The number of hydrogen-bond donors (Lipinski definition) is 1. The highest BCUT2D eigenvalue weighted by atomic mass is 16.2. The number of amides is 1. The van der Waals surface area contributed by atoms with Gasteiger partial charge in [0.25, 0.3) is 5.91 Å². The maximum absolute atomic E-state index is 12.3. The molecule has 0 unspecified atom stereocenters. The van der Waals surface area contributed by atoms with Gasteiger partial charge < -0.3 is 10.2 Å². The average molecular weight is 247 g/mol. The molecule has 1 amide bonds. The summed E-state index contributed by atoms with van der Waals surface area (Å²) in [6.45, 7) is 3.69. The molecule has 0 atom stereocenters. The lowest BCUT2D eigenvalue weighted by molar-refractivity contribution is 0.0706. The fourth-order valence-electron chi connectivity index (χ4n) is 2.19. The van der Waals surface area contributed by atoms with Gasteiger partial charge in [-0.2, -0.15) is 0 Å². The van der Waals surface area contributed by atoms with E-state index in [1.54, 1.807) is 6.20 Å². The molecule has 0 spiro atoms. The Hall–Kier alpha value is -1.58. The minimum absolute atomic E-state index is 0.0968. The summed E-state index contributed by atoms with van der Waals surface area (Å²) in [6, 6.07) is 3.68. The summed E-state index contributed by atoms with van der Waals surface area (Å²) in [5.41, 5.74) is 0.676. The number of nitrogens with zero attached hydrogens (tertiary/aromatic N) is 2. The zero-order valence-electron chi connectivity index (χ0n) is 11.1. The lowest BCUT2D eigenvalue weighted by atomic mass is 9.85. The summed E-state index contributed by atoms with van der Waals surface area (Å²) >= 11 is 0. The van der Waals surface area contributed by atoms with E-state index in [1.807, 2.05) is 31.0 Å². The van der Waals surface area contributed by atoms with Crippen LogP contribution in [0.2, 0.25) is 0 Å². The summed E-state index contributed by atoms with van der Waals surface area (Å²) < 4.78 is 0. The third kappa shape index (κ3) is 2.81. The van der Waals surface area contributed by atoms with Crippen molar-refractivity contribution in [3.8, 4) is 0 Å². The van der Waals surface area contributed by atoms with E-state index in [-0.39, 0.29) is 5.91 Å². The predicted octanol–water partition coefficient (Wildman–Crippen LogP) is 2.39. The number of carbonyl (C=O) groups excluding carboxylic acids is 1. The molecule has 1 aliphatic rings. The molecule has 2 rings (SSSR count). The van der Waals surface area contributed by atoms with Gasteiger partial charge in [0, 0.05) is 26.3 Å². The van der Waals surface area contributed by atoms with Gasteiger partial charge in [-0.25, -0.2) is 4.98 Å². The second kappa shape index (κ2) is 5.85. The first kappa shape index (κ1) is 12.9. The molecule has 4 heteroatoms. The van der Waals surface area contributed by atoms with Gasteiger partial charge in [-0.3, -0.25) is 4.79 Å². The number of anilines is 1. The van der Waals surface area contributed by atoms with E-state index in [0.29, 0.717) is 11.5 Å². The zero-order chi connectivity index (χ0) is 13.0. The molecule has 0 radical (unpaired) electrons. The fraction of sp³-hybridized carbons (Fsp3) is 0.571. The first-order chi connectivity index (χ1) is 8.74. The number of rotatable bonds is 5. The molecule has 0 bridgehead atoms. The smallest absolute Gasteiger partial charge is 0.255 e. The number of pyridine rings is 1. The SMILES string of the molecule is CCN(CC1CCC1)C(=O)c1ccc(NC)nc1. The van der Waals surface area contributed by atoms with Crippen LogP contribution in [0, 0.1) is 5.92 Å². The maximum atomic E-state index is 12.3. The Morgan fingerprint density at radius 1 is 1.50 bits per heavy atom. The minimum Gasteiger partial charge on any atom is -0.373 e. The third-order valence-electron chi connectivity index (χ3n) is 3.64. The molecule has 1 aromatic rings. The molecule has 98 valence electrons. The third-order valence-corrected chi connectivity index (χ3v) is 3.64. The van der Waals surface area contributed by atoms with Crippen molar-refractivity contribution in [2.75, 3.05) is 25.5 Å². The van der Waals surface area contributed by atoms with E-state index in [1.165, 1.54) is 19.3 Å². The van der Waals surface area contributed by atoms with E-state index >= 15 is 0 Å². The monoisotopic (exact) mass is 247 g/mol. The lowest BCUT2D eigenvalue weighted by Gasteiger charge is -2.31. The van der Waals surface area contributed by atoms with Crippen molar-refractivity contribution in [1.29, 1.82) is 0 Å². The van der Waals surface area contributed by atoms with Crippen LogP contribution >= 0.6 is 0 Å². The summed E-state index contributed by atoms with van der Waals surface area (Å²) in [7, 11) is 1.82. The highest BCUT2D eigenvalue weighted by molar-refractivity contribution is 5.94. The molecule has 1 heterocycles. The van der Waals surface area contributed by atoms with Crippen LogP contribution in [0.1, 0.15) is 36.5 Å². The highest BCUT2D eigenvalue weighted by Crippen LogP contribution is 2.27. The topological polar surface area (TPSA) is 45.2 Å². The fourth-order valence-corrected chi connectivity index (χ4v) is 2.19. The Balaban J connectivity index is 2.02. The van der Waals surface area contributed by atoms with Crippen LogP contribution in [0.3, 0.4) is 0 Å². The van der Waals surface area contributed by atoms with Gasteiger partial charge >= 0.3 is 0 Å². The van der Waals surface area contributed by atoms with Gasteiger partial charge in [-0.1, -0.05) is 6.42 Å². The summed E-state index contributed by atoms with van der Waals surface area (Å²) in [5, 5.41) is 2.95. The van der Waals surface area contributed by atoms with Gasteiger partial charge in [0.2, 0.25) is 0 Å². The van der Waals surface area contributed by atoms with E-state index < -0.39 is 0 Å². The Labute approximate surface area is 108 Å². The van der Waals surface area contributed by atoms with E-state index in [2.05, 4.69) is 10.3 Å². The maximum Gasteiger partial charge on any atom is 0.255 e. The Morgan fingerprint density at radius 2 is 2.28 bits per heavy atom. The quantitative estimate of drug-likeness (QED) is 0.869. The van der Waals surface area contributed by atoms with Gasteiger partial charge in [0.05, 0.1) is 5.56 Å². The molecule has 1 aliphatic carbocycles.